The first kappa shape index (κ1) is 10.3. The van der Waals surface area contributed by atoms with Crippen molar-refractivity contribution in [3.05, 3.63) is 35.9 Å². The van der Waals surface area contributed by atoms with Crippen LogP contribution in [-0.2, 0) is 11.2 Å². The fourth-order valence-electron chi connectivity index (χ4n) is 1.18. The number of carbonyl (C=O) groups is 1. The highest BCUT2D eigenvalue weighted by molar-refractivity contribution is 6.17. The van der Waals surface area contributed by atoms with Gasteiger partial charge in [0.2, 0.25) is 0 Å². The Morgan fingerprint density at radius 1 is 1.23 bits per heavy atom. The number of alkyl halides is 1. The van der Waals surface area contributed by atoms with Crippen molar-refractivity contribution in [2.24, 2.45) is 0 Å². The lowest BCUT2D eigenvalue weighted by Crippen LogP contribution is -2.02. The summed E-state index contributed by atoms with van der Waals surface area (Å²) in [7, 11) is 0. The number of hydrogen-bond acceptors (Lipinski definition) is 1. The molecule has 1 aromatic carbocycles. The van der Waals surface area contributed by atoms with Crippen molar-refractivity contribution < 1.29 is 4.79 Å². The molecule has 1 aromatic rings. The monoisotopic (exact) mass is 196 g/mol. The molecule has 0 aliphatic heterocycles. The maximum atomic E-state index is 11.3. The molecule has 0 bridgehead atoms. The molecule has 0 N–H and O–H groups in total. The third-order valence-electron chi connectivity index (χ3n) is 1.83. The Hall–Kier alpha value is -0.820. The van der Waals surface area contributed by atoms with Gasteiger partial charge in [0, 0.05) is 18.7 Å². The lowest BCUT2D eigenvalue weighted by atomic mass is 10.1. The van der Waals surface area contributed by atoms with E-state index in [1.165, 1.54) is 0 Å². The molecule has 0 aliphatic rings. The van der Waals surface area contributed by atoms with E-state index < -0.39 is 0 Å². The Balaban J connectivity index is 2.37. The van der Waals surface area contributed by atoms with Crippen LogP contribution in [0.1, 0.15) is 18.4 Å². The molecule has 2 heteroatoms. The Labute approximate surface area is 83.7 Å². The van der Waals surface area contributed by atoms with Gasteiger partial charge in [-0.3, -0.25) is 4.79 Å². The van der Waals surface area contributed by atoms with Gasteiger partial charge in [0.1, 0.15) is 5.78 Å². The Morgan fingerprint density at radius 2 is 1.92 bits per heavy atom. The van der Waals surface area contributed by atoms with Crippen LogP contribution in [0.2, 0.25) is 0 Å². The van der Waals surface area contributed by atoms with E-state index in [0.717, 1.165) is 12.0 Å². The number of rotatable bonds is 5. The summed E-state index contributed by atoms with van der Waals surface area (Å²) in [5.41, 5.74) is 1.09. The van der Waals surface area contributed by atoms with Crippen LogP contribution in [0.5, 0.6) is 0 Å². The number of halogens is 1. The van der Waals surface area contributed by atoms with E-state index in [2.05, 4.69) is 0 Å². The lowest BCUT2D eigenvalue weighted by Gasteiger charge is -1.98. The molecule has 0 spiro atoms. The second-order valence-electron chi connectivity index (χ2n) is 2.99. The molecule has 0 aliphatic carbocycles. The number of carbonyl (C=O) groups excluding carboxylic acids is 1. The summed E-state index contributed by atoms with van der Waals surface area (Å²) < 4.78 is 0. The molecule has 13 heavy (non-hydrogen) atoms. The SMILES string of the molecule is O=C(CCCCl)Cc1ccccc1. The van der Waals surface area contributed by atoms with Gasteiger partial charge in [-0.2, -0.15) is 0 Å². The van der Waals surface area contributed by atoms with Crippen molar-refractivity contribution in [2.75, 3.05) is 5.88 Å². The predicted octanol–water partition coefficient (Wildman–Crippen LogP) is 2.82. The van der Waals surface area contributed by atoms with Gasteiger partial charge in [-0.1, -0.05) is 30.3 Å². The molecule has 0 fully saturated rings. The minimum atomic E-state index is 0.270. The number of benzene rings is 1. The number of ketones is 1. The molecule has 1 rings (SSSR count). The molecular weight excluding hydrogens is 184 g/mol. The number of Topliss-reactive ketones (excluding diaryl/α,β-unsaturated/α-hetero) is 1. The van der Waals surface area contributed by atoms with Crippen molar-refractivity contribution in [1.82, 2.24) is 0 Å². The highest BCUT2D eigenvalue weighted by Crippen LogP contribution is 2.03. The smallest absolute Gasteiger partial charge is 0.137 e. The summed E-state index contributed by atoms with van der Waals surface area (Å²) in [6.45, 7) is 0. The van der Waals surface area contributed by atoms with E-state index in [1.807, 2.05) is 30.3 Å². The van der Waals surface area contributed by atoms with Crippen LogP contribution in [0, 0.1) is 0 Å². The Kier molecular flexibility index (Phi) is 4.55. The van der Waals surface area contributed by atoms with Crippen LogP contribution in [-0.4, -0.2) is 11.7 Å². The summed E-state index contributed by atoms with van der Waals surface area (Å²) in [4.78, 5) is 11.3. The van der Waals surface area contributed by atoms with Crippen molar-refractivity contribution >= 4 is 17.4 Å². The molecule has 0 amide bonds. The fourth-order valence-corrected chi connectivity index (χ4v) is 1.31. The summed E-state index contributed by atoms with van der Waals surface area (Å²) in [5, 5.41) is 0. The van der Waals surface area contributed by atoms with Crippen LogP contribution < -0.4 is 0 Å². The second-order valence-corrected chi connectivity index (χ2v) is 3.37. The maximum absolute atomic E-state index is 11.3. The van der Waals surface area contributed by atoms with E-state index in [9.17, 15) is 4.79 Å². The fraction of sp³-hybridized carbons (Fsp3) is 0.364. The highest BCUT2D eigenvalue weighted by Gasteiger charge is 2.01. The third kappa shape index (κ3) is 4.09. The molecule has 0 saturated heterocycles. The number of hydrogen-bond donors (Lipinski definition) is 0. The Bertz CT molecular complexity index is 256. The first-order valence-corrected chi connectivity index (χ1v) is 4.98. The quantitative estimate of drug-likeness (QED) is 0.662. The molecular formula is C11H13ClO. The second kappa shape index (κ2) is 5.76. The van der Waals surface area contributed by atoms with Crippen LogP contribution >= 0.6 is 11.6 Å². The normalized spacial score (nSPS) is 9.92. The lowest BCUT2D eigenvalue weighted by molar-refractivity contribution is -0.118. The van der Waals surface area contributed by atoms with Gasteiger partial charge in [-0.25, -0.2) is 0 Å². The van der Waals surface area contributed by atoms with Crippen LogP contribution in [0.15, 0.2) is 30.3 Å². The van der Waals surface area contributed by atoms with Crippen LogP contribution in [0.25, 0.3) is 0 Å². The topological polar surface area (TPSA) is 17.1 Å². The van der Waals surface area contributed by atoms with Crippen molar-refractivity contribution in [3.8, 4) is 0 Å². The molecule has 1 nitrogen and oxygen atoms in total. The largest absolute Gasteiger partial charge is 0.299 e. The predicted molar refractivity (Wildman–Crippen MR) is 55.1 cm³/mol. The van der Waals surface area contributed by atoms with Crippen LogP contribution in [0.3, 0.4) is 0 Å². The third-order valence-corrected chi connectivity index (χ3v) is 2.10. The Morgan fingerprint density at radius 3 is 2.54 bits per heavy atom. The van der Waals surface area contributed by atoms with Crippen molar-refractivity contribution in [2.45, 2.75) is 19.3 Å². The van der Waals surface area contributed by atoms with E-state index in [1.54, 1.807) is 0 Å². The van der Waals surface area contributed by atoms with E-state index in [0.29, 0.717) is 18.7 Å². The van der Waals surface area contributed by atoms with Gasteiger partial charge >= 0.3 is 0 Å². The molecule has 70 valence electrons. The summed E-state index contributed by atoms with van der Waals surface area (Å²) in [6.07, 6.45) is 1.92. The van der Waals surface area contributed by atoms with Gasteiger partial charge in [-0.15, -0.1) is 11.6 Å². The molecule has 0 radical (unpaired) electrons. The van der Waals surface area contributed by atoms with E-state index in [4.69, 9.17) is 11.6 Å². The zero-order valence-corrected chi connectivity index (χ0v) is 8.26. The van der Waals surface area contributed by atoms with Gasteiger partial charge in [0.15, 0.2) is 0 Å². The standard InChI is InChI=1S/C11H13ClO/c12-8-4-7-11(13)9-10-5-2-1-3-6-10/h1-3,5-6H,4,7-9H2. The molecule has 0 heterocycles. The van der Waals surface area contributed by atoms with Crippen molar-refractivity contribution in [3.63, 3.8) is 0 Å². The van der Waals surface area contributed by atoms with Gasteiger partial charge in [0.05, 0.1) is 0 Å². The zero-order chi connectivity index (χ0) is 9.52. The molecule has 0 saturated carbocycles. The van der Waals surface area contributed by atoms with Gasteiger partial charge in [-0.05, 0) is 12.0 Å². The molecule has 0 unspecified atom stereocenters. The van der Waals surface area contributed by atoms with Crippen molar-refractivity contribution in [1.29, 1.82) is 0 Å². The first-order chi connectivity index (χ1) is 6.33. The summed E-state index contributed by atoms with van der Waals surface area (Å²) >= 11 is 5.50. The minimum absolute atomic E-state index is 0.270. The first-order valence-electron chi connectivity index (χ1n) is 4.44. The van der Waals surface area contributed by atoms with E-state index >= 15 is 0 Å². The van der Waals surface area contributed by atoms with Gasteiger partial charge in [0.25, 0.3) is 0 Å². The average molecular weight is 197 g/mol. The maximum Gasteiger partial charge on any atom is 0.137 e. The summed E-state index contributed by atoms with van der Waals surface area (Å²) in [5.74, 6) is 0.840. The van der Waals surface area contributed by atoms with Gasteiger partial charge < -0.3 is 0 Å². The zero-order valence-electron chi connectivity index (χ0n) is 7.50. The molecule has 0 aromatic heterocycles. The van der Waals surface area contributed by atoms with Crippen LogP contribution in [0.4, 0.5) is 0 Å². The molecule has 0 atom stereocenters. The minimum Gasteiger partial charge on any atom is -0.299 e. The average Bonchev–Trinajstić information content (AvgIpc) is 2.16. The summed E-state index contributed by atoms with van der Waals surface area (Å²) in [6, 6.07) is 9.79. The van der Waals surface area contributed by atoms with E-state index in [-0.39, 0.29) is 5.78 Å². The highest BCUT2D eigenvalue weighted by atomic mass is 35.5.